The number of piperidine rings is 1. The monoisotopic (exact) mass is 408 g/mol. The molecule has 2 heterocycles. The molecule has 0 atom stereocenters. The van der Waals surface area contributed by atoms with Crippen LogP contribution >= 0.6 is 11.6 Å². The minimum atomic E-state index is 0.525. The number of ether oxygens (including phenoxy) is 1. The number of aliphatic imine (C=N–C) groups is 1. The van der Waals surface area contributed by atoms with Gasteiger partial charge in [0.25, 0.3) is 0 Å². The molecule has 1 saturated heterocycles. The Kier molecular flexibility index (Phi) is 5.86. The summed E-state index contributed by atoms with van der Waals surface area (Å²) in [4.78, 5) is 7.00. The van der Waals surface area contributed by atoms with Crippen molar-refractivity contribution in [3.8, 4) is 17.3 Å². The summed E-state index contributed by atoms with van der Waals surface area (Å²) in [6.07, 6.45) is 7.64. The van der Waals surface area contributed by atoms with E-state index in [1.807, 2.05) is 55.9 Å². The zero-order valence-corrected chi connectivity index (χ0v) is 17.6. The van der Waals surface area contributed by atoms with Crippen molar-refractivity contribution in [2.45, 2.75) is 33.1 Å². The van der Waals surface area contributed by atoms with Gasteiger partial charge in [0.1, 0.15) is 5.75 Å². The van der Waals surface area contributed by atoms with Crippen molar-refractivity contribution < 1.29 is 4.74 Å². The standard InChI is InChI=1S/C23H25ClN4O/c1-17-15-22(18(2)14-20(17)25-16-27-11-6-3-7-12-27)29-23-10-13-28(26-23)21-9-5-4-8-19(21)24/h4-5,8-10,13-16H,3,6-7,11-12H2,1-2H3. The van der Waals surface area contributed by atoms with Crippen LogP contribution in [0.4, 0.5) is 5.69 Å². The Morgan fingerprint density at radius 1 is 1.03 bits per heavy atom. The van der Waals surface area contributed by atoms with Crippen molar-refractivity contribution >= 4 is 23.6 Å². The van der Waals surface area contributed by atoms with Gasteiger partial charge in [-0.3, -0.25) is 0 Å². The number of aromatic nitrogens is 2. The molecule has 6 heteroatoms. The normalized spacial score (nSPS) is 14.5. The second-order valence-corrected chi connectivity index (χ2v) is 7.80. The molecule has 4 rings (SSSR count). The molecular formula is C23H25ClN4O. The first kappa shape index (κ1) is 19.5. The smallest absolute Gasteiger partial charge is 0.238 e. The maximum Gasteiger partial charge on any atom is 0.238 e. The average molecular weight is 409 g/mol. The quantitative estimate of drug-likeness (QED) is 0.379. The van der Waals surface area contributed by atoms with Crippen LogP contribution in [-0.4, -0.2) is 34.1 Å². The van der Waals surface area contributed by atoms with Gasteiger partial charge < -0.3 is 9.64 Å². The van der Waals surface area contributed by atoms with Crippen molar-refractivity contribution in [3.05, 3.63) is 64.8 Å². The molecule has 0 bridgehead atoms. The Balaban J connectivity index is 1.50. The van der Waals surface area contributed by atoms with E-state index in [0.717, 1.165) is 41.3 Å². The van der Waals surface area contributed by atoms with Gasteiger partial charge in [-0.2, -0.15) is 0 Å². The summed E-state index contributed by atoms with van der Waals surface area (Å²) in [6, 6.07) is 13.5. The maximum atomic E-state index is 6.26. The fourth-order valence-corrected chi connectivity index (χ4v) is 3.67. The van der Waals surface area contributed by atoms with Gasteiger partial charge in [0.05, 0.1) is 22.7 Å². The summed E-state index contributed by atoms with van der Waals surface area (Å²) in [6.45, 7) is 6.27. The van der Waals surface area contributed by atoms with E-state index in [1.54, 1.807) is 4.68 Å². The Morgan fingerprint density at radius 3 is 2.62 bits per heavy atom. The van der Waals surface area contributed by atoms with Crippen molar-refractivity contribution in [2.75, 3.05) is 13.1 Å². The number of nitrogens with zero attached hydrogens (tertiary/aromatic N) is 4. The first-order chi connectivity index (χ1) is 14.1. The number of para-hydroxylation sites is 1. The van der Waals surface area contributed by atoms with E-state index in [2.05, 4.69) is 23.0 Å². The lowest BCUT2D eigenvalue weighted by molar-refractivity contribution is 0.351. The topological polar surface area (TPSA) is 42.6 Å². The lowest BCUT2D eigenvalue weighted by Crippen LogP contribution is -2.28. The van der Waals surface area contributed by atoms with Crippen LogP contribution in [0.3, 0.4) is 0 Å². The van der Waals surface area contributed by atoms with Crippen molar-refractivity contribution in [3.63, 3.8) is 0 Å². The maximum absolute atomic E-state index is 6.26. The molecule has 2 aromatic carbocycles. The van der Waals surface area contributed by atoms with E-state index in [0.29, 0.717) is 10.9 Å². The van der Waals surface area contributed by atoms with Crippen molar-refractivity contribution in [1.82, 2.24) is 14.7 Å². The fraction of sp³-hybridized carbons (Fsp3) is 0.304. The Labute approximate surface area is 176 Å². The van der Waals surface area contributed by atoms with E-state index in [9.17, 15) is 0 Å². The van der Waals surface area contributed by atoms with Crippen LogP contribution in [0.5, 0.6) is 11.6 Å². The van der Waals surface area contributed by atoms with Crippen molar-refractivity contribution in [2.24, 2.45) is 4.99 Å². The SMILES string of the molecule is Cc1cc(Oc2ccn(-c3ccccc3Cl)n2)c(C)cc1N=CN1CCCCC1. The molecule has 3 aromatic rings. The lowest BCUT2D eigenvalue weighted by Gasteiger charge is -2.23. The molecule has 1 aliphatic rings. The van der Waals surface area contributed by atoms with Gasteiger partial charge in [0.2, 0.25) is 5.88 Å². The predicted octanol–water partition coefficient (Wildman–Crippen LogP) is 6.08. The second-order valence-electron chi connectivity index (χ2n) is 7.40. The lowest BCUT2D eigenvalue weighted by atomic mass is 10.1. The zero-order chi connectivity index (χ0) is 20.2. The molecule has 1 aromatic heterocycles. The fourth-order valence-electron chi connectivity index (χ4n) is 3.45. The molecule has 0 unspecified atom stereocenters. The minimum Gasteiger partial charge on any atom is -0.437 e. The van der Waals surface area contributed by atoms with Crippen LogP contribution in [0.15, 0.2) is 53.7 Å². The van der Waals surface area contributed by atoms with E-state index in [-0.39, 0.29) is 0 Å². The summed E-state index contributed by atoms with van der Waals surface area (Å²) in [7, 11) is 0. The summed E-state index contributed by atoms with van der Waals surface area (Å²) < 4.78 is 7.76. The molecule has 0 spiro atoms. The molecule has 29 heavy (non-hydrogen) atoms. The number of benzene rings is 2. The highest BCUT2D eigenvalue weighted by molar-refractivity contribution is 6.32. The van der Waals surface area contributed by atoms with Gasteiger partial charge in [0, 0.05) is 25.4 Å². The summed E-state index contributed by atoms with van der Waals surface area (Å²) in [5.74, 6) is 1.31. The first-order valence-electron chi connectivity index (χ1n) is 9.98. The Morgan fingerprint density at radius 2 is 1.83 bits per heavy atom. The van der Waals surface area contributed by atoms with Gasteiger partial charge in [-0.25, -0.2) is 9.67 Å². The van der Waals surface area contributed by atoms with Crippen LogP contribution in [0.2, 0.25) is 5.02 Å². The number of hydrogen-bond acceptors (Lipinski definition) is 3. The average Bonchev–Trinajstić information content (AvgIpc) is 3.19. The molecule has 0 radical (unpaired) electrons. The molecule has 0 N–H and O–H groups in total. The van der Waals surface area contributed by atoms with Crippen molar-refractivity contribution in [1.29, 1.82) is 0 Å². The molecular weight excluding hydrogens is 384 g/mol. The first-order valence-corrected chi connectivity index (χ1v) is 10.4. The molecule has 0 amide bonds. The van der Waals surface area contributed by atoms with Gasteiger partial charge in [-0.05, 0) is 68.5 Å². The number of rotatable bonds is 5. The highest BCUT2D eigenvalue weighted by Gasteiger charge is 2.11. The van der Waals surface area contributed by atoms with Crippen LogP contribution in [0, 0.1) is 13.8 Å². The molecule has 5 nitrogen and oxygen atoms in total. The molecule has 1 aliphatic heterocycles. The summed E-state index contributed by atoms with van der Waals surface area (Å²) in [5.41, 5.74) is 3.89. The van der Waals surface area contributed by atoms with E-state index in [1.165, 1.54) is 19.3 Å². The molecule has 150 valence electrons. The highest BCUT2D eigenvalue weighted by Crippen LogP contribution is 2.31. The Bertz CT molecular complexity index is 1020. The van der Waals surface area contributed by atoms with Crippen LogP contribution in [-0.2, 0) is 0 Å². The molecule has 0 saturated carbocycles. The second kappa shape index (κ2) is 8.70. The Hall–Kier alpha value is -2.79. The largest absolute Gasteiger partial charge is 0.437 e. The van der Waals surface area contributed by atoms with E-state index >= 15 is 0 Å². The van der Waals surface area contributed by atoms with E-state index < -0.39 is 0 Å². The third-order valence-corrected chi connectivity index (χ3v) is 5.44. The van der Waals surface area contributed by atoms with Gasteiger partial charge >= 0.3 is 0 Å². The predicted molar refractivity (Wildman–Crippen MR) is 118 cm³/mol. The van der Waals surface area contributed by atoms with Gasteiger partial charge in [-0.15, -0.1) is 5.10 Å². The number of likely N-dealkylation sites (tertiary alicyclic amines) is 1. The number of halogens is 1. The third-order valence-electron chi connectivity index (χ3n) is 5.12. The molecule has 1 fully saturated rings. The number of hydrogen-bond donors (Lipinski definition) is 0. The van der Waals surface area contributed by atoms with Crippen LogP contribution in [0.25, 0.3) is 5.69 Å². The highest BCUT2D eigenvalue weighted by atomic mass is 35.5. The van der Waals surface area contributed by atoms with E-state index in [4.69, 9.17) is 21.3 Å². The zero-order valence-electron chi connectivity index (χ0n) is 16.8. The summed E-state index contributed by atoms with van der Waals surface area (Å²) in [5, 5.41) is 5.14. The van der Waals surface area contributed by atoms with Crippen LogP contribution < -0.4 is 4.74 Å². The van der Waals surface area contributed by atoms with Crippen LogP contribution in [0.1, 0.15) is 30.4 Å². The van der Waals surface area contributed by atoms with Gasteiger partial charge in [-0.1, -0.05) is 23.7 Å². The number of aryl methyl sites for hydroxylation is 2. The molecule has 0 aliphatic carbocycles. The van der Waals surface area contributed by atoms with Gasteiger partial charge in [0.15, 0.2) is 0 Å². The minimum absolute atomic E-state index is 0.525. The summed E-state index contributed by atoms with van der Waals surface area (Å²) >= 11 is 6.26. The third kappa shape index (κ3) is 4.62.